The highest BCUT2D eigenvalue weighted by atomic mass is 35.5. The Morgan fingerprint density at radius 2 is 1.73 bits per heavy atom. The van der Waals surface area contributed by atoms with Gasteiger partial charge < -0.3 is 15.1 Å². The molecule has 1 aliphatic heterocycles. The zero-order valence-electron chi connectivity index (χ0n) is 11.6. The van der Waals surface area contributed by atoms with Crippen molar-refractivity contribution < 1.29 is 24.6 Å². The molecule has 0 bridgehead atoms. The maximum Gasteiger partial charge on any atom is 0.312 e. The number of aliphatic carboxylic acids is 2. The van der Waals surface area contributed by atoms with Gasteiger partial charge in [0.1, 0.15) is 10.8 Å². The number of hydrogen-bond acceptors (Lipinski definition) is 3. The van der Waals surface area contributed by atoms with Gasteiger partial charge in [-0.05, 0) is 24.1 Å². The van der Waals surface area contributed by atoms with Crippen molar-refractivity contribution in [2.45, 2.75) is 12.8 Å². The van der Waals surface area contributed by atoms with Gasteiger partial charge in [0.2, 0.25) is 5.91 Å². The molecular weight excluding hydrogens is 310 g/mol. The van der Waals surface area contributed by atoms with Crippen LogP contribution in [0.5, 0.6) is 0 Å². The first kappa shape index (κ1) is 14.8. The maximum absolute atomic E-state index is 12.3. The van der Waals surface area contributed by atoms with Crippen LogP contribution >= 0.6 is 11.6 Å². The van der Waals surface area contributed by atoms with E-state index in [0.29, 0.717) is 10.6 Å². The highest BCUT2D eigenvalue weighted by Gasteiger charge is 2.81. The molecule has 1 aliphatic carbocycles. The number of halogens is 1. The molecule has 1 saturated heterocycles. The maximum atomic E-state index is 12.3. The minimum Gasteiger partial charge on any atom is -0.481 e. The number of carboxylic acid groups (broad SMARTS) is 2. The smallest absolute Gasteiger partial charge is 0.312 e. The monoisotopic (exact) mass is 323 g/mol. The lowest BCUT2D eigenvalue weighted by Crippen LogP contribution is -2.35. The molecule has 1 aromatic rings. The number of nitrogens with zero attached hydrogens (tertiary/aromatic N) is 1. The zero-order valence-corrected chi connectivity index (χ0v) is 12.3. The van der Waals surface area contributed by atoms with Crippen molar-refractivity contribution in [3.63, 3.8) is 0 Å². The fourth-order valence-corrected chi connectivity index (χ4v) is 3.61. The number of hydrogen-bond donors (Lipinski definition) is 2. The minimum atomic E-state index is -1.33. The molecule has 7 heteroatoms. The van der Waals surface area contributed by atoms with E-state index >= 15 is 0 Å². The number of carbonyl (C=O) groups excluding carboxylic acids is 1. The molecule has 0 radical (unpaired) electrons. The summed E-state index contributed by atoms with van der Waals surface area (Å²) in [7, 11) is 0. The second kappa shape index (κ2) is 4.71. The van der Waals surface area contributed by atoms with Crippen molar-refractivity contribution >= 4 is 29.4 Å². The van der Waals surface area contributed by atoms with Crippen molar-refractivity contribution in [2.24, 2.45) is 10.8 Å². The Bertz CT molecular complexity index is 662. The summed E-state index contributed by atoms with van der Waals surface area (Å²) < 4.78 is 0. The van der Waals surface area contributed by atoms with Crippen molar-refractivity contribution in [1.29, 1.82) is 0 Å². The molecule has 2 aliphatic rings. The summed E-state index contributed by atoms with van der Waals surface area (Å²) in [4.78, 5) is 36.5. The van der Waals surface area contributed by atoms with Crippen LogP contribution in [0.25, 0.3) is 0 Å². The molecule has 1 amide bonds. The van der Waals surface area contributed by atoms with Crippen LogP contribution in [0.15, 0.2) is 24.3 Å². The van der Waals surface area contributed by atoms with E-state index in [1.807, 2.05) is 0 Å². The van der Waals surface area contributed by atoms with E-state index < -0.39 is 22.8 Å². The largest absolute Gasteiger partial charge is 0.481 e. The number of carbonyl (C=O) groups is 3. The summed E-state index contributed by atoms with van der Waals surface area (Å²) in [6, 6.07) is 6.83. The molecule has 1 heterocycles. The van der Waals surface area contributed by atoms with Gasteiger partial charge in [0, 0.05) is 18.1 Å². The summed E-state index contributed by atoms with van der Waals surface area (Å²) in [5.41, 5.74) is -1.95. The van der Waals surface area contributed by atoms with Gasteiger partial charge in [0.15, 0.2) is 0 Å². The van der Waals surface area contributed by atoms with Crippen LogP contribution in [0.2, 0.25) is 5.02 Å². The molecule has 1 aromatic carbocycles. The number of fused-ring (bicyclic) bond motifs is 1. The lowest BCUT2D eigenvalue weighted by Gasteiger charge is -2.20. The molecule has 6 nitrogen and oxygen atoms in total. The summed E-state index contributed by atoms with van der Waals surface area (Å²) in [5, 5.41) is 19.2. The highest BCUT2D eigenvalue weighted by molar-refractivity contribution is 6.30. The topological polar surface area (TPSA) is 94.9 Å². The molecule has 0 unspecified atom stereocenters. The van der Waals surface area contributed by atoms with Crippen molar-refractivity contribution in [1.82, 2.24) is 4.90 Å². The lowest BCUT2D eigenvalue weighted by atomic mass is 9.97. The van der Waals surface area contributed by atoms with Gasteiger partial charge in [-0.15, -0.1) is 0 Å². The third kappa shape index (κ3) is 1.98. The summed E-state index contributed by atoms with van der Waals surface area (Å²) >= 11 is 5.87. The molecule has 116 valence electrons. The fourth-order valence-electron chi connectivity index (χ4n) is 3.40. The quantitative estimate of drug-likeness (QED) is 0.870. The Kier molecular flexibility index (Phi) is 3.18. The van der Waals surface area contributed by atoms with E-state index in [2.05, 4.69) is 0 Å². The first-order valence-electron chi connectivity index (χ1n) is 6.80. The van der Waals surface area contributed by atoms with Gasteiger partial charge in [-0.3, -0.25) is 14.4 Å². The number of carboxylic acids is 2. The molecule has 0 aromatic heterocycles. The van der Waals surface area contributed by atoms with Crippen LogP contribution in [0, 0.1) is 10.8 Å². The number of amides is 1. The molecule has 0 spiro atoms. The SMILES string of the molecule is O=C(Cc1cccc(Cl)c1)N1C[C@@]2(C(=O)O)C[C@@]2(C(=O)O)C1. The van der Waals surface area contributed by atoms with Crippen LogP contribution in [0.1, 0.15) is 12.0 Å². The minimum absolute atomic E-state index is 0.0476. The number of rotatable bonds is 4. The molecular formula is C15H14ClNO5. The van der Waals surface area contributed by atoms with Crippen molar-refractivity contribution in [3.05, 3.63) is 34.9 Å². The predicted octanol–water partition coefficient (Wildman–Crippen LogP) is 1.27. The van der Waals surface area contributed by atoms with Gasteiger partial charge in [-0.2, -0.15) is 0 Å². The van der Waals surface area contributed by atoms with E-state index in [0.717, 1.165) is 0 Å². The van der Waals surface area contributed by atoms with Gasteiger partial charge in [0.25, 0.3) is 0 Å². The van der Waals surface area contributed by atoms with E-state index in [-0.39, 0.29) is 31.8 Å². The molecule has 2 atom stereocenters. The second-order valence-corrected chi connectivity index (χ2v) is 6.44. The Balaban J connectivity index is 1.76. The second-order valence-electron chi connectivity index (χ2n) is 6.01. The van der Waals surface area contributed by atoms with Gasteiger partial charge >= 0.3 is 11.9 Å². The van der Waals surface area contributed by atoms with Crippen LogP contribution in [-0.4, -0.2) is 46.0 Å². The van der Waals surface area contributed by atoms with E-state index in [9.17, 15) is 24.6 Å². The van der Waals surface area contributed by atoms with Gasteiger partial charge in [-0.1, -0.05) is 23.7 Å². The number of likely N-dealkylation sites (tertiary alicyclic amines) is 1. The van der Waals surface area contributed by atoms with Crippen LogP contribution < -0.4 is 0 Å². The Labute approximate surface area is 131 Å². The molecule has 1 saturated carbocycles. The van der Waals surface area contributed by atoms with E-state index in [4.69, 9.17) is 11.6 Å². The van der Waals surface area contributed by atoms with Crippen LogP contribution in [-0.2, 0) is 20.8 Å². The van der Waals surface area contributed by atoms with E-state index in [1.54, 1.807) is 24.3 Å². The third-order valence-corrected chi connectivity index (χ3v) is 4.97. The Hall–Kier alpha value is -2.08. The summed E-state index contributed by atoms with van der Waals surface area (Å²) in [5.74, 6) is -2.57. The summed E-state index contributed by atoms with van der Waals surface area (Å²) in [6.45, 7) is -0.0952. The normalized spacial score (nSPS) is 29.0. The standard InChI is InChI=1S/C15H14ClNO5/c16-10-3-1-2-9(4-10)5-11(18)17-7-14(12(19)20)6-15(14,8-17)13(21)22/h1-4H,5-8H2,(H,19,20)(H,21,22)/t14-,15+. The number of benzene rings is 1. The van der Waals surface area contributed by atoms with Crippen molar-refractivity contribution in [3.8, 4) is 0 Å². The van der Waals surface area contributed by atoms with E-state index in [1.165, 1.54) is 4.90 Å². The Morgan fingerprint density at radius 3 is 2.23 bits per heavy atom. The average Bonchev–Trinajstić information content (AvgIpc) is 2.98. The number of piperidine rings is 1. The van der Waals surface area contributed by atoms with Crippen LogP contribution in [0.4, 0.5) is 0 Å². The van der Waals surface area contributed by atoms with Crippen molar-refractivity contribution in [2.75, 3.05) is 13.1 Å². The lowest BCUT2D eigenvalue weighted by molar-refractivity contribution is -0.151. The molecule has 3 rings (SSSR count). The zero-order chi connectivity index (χ0) is 16.1. The van der Waals surface area contributed by atoms with Gasteiger partial charge in [0.05, 0.1) is 6.42 Å². The predicted molar refractivity (Wildman–Crippen MR) is 76.5 cm³/mol. The third-order valence-electron chi connectivity index (χ3n) is 4.73. The fraction of sp³-hybridized carbons (Fsp3) is 0.400. The Morgan fingerprint density at radius 1 is 1.14 bits per heavy atom. The van der Waals surface area contributed by atoms with Gasteiger partial charge in [-0.25, -0.2) is 0 Å². The average molecular weight is 324 g/mol. The molecule has 2 N–H and O–H groups in total. The highest BCUT2D eigenvalue weighted by Crippen LogP contribution is 2.68. The first-order valence-corrected chi connectivity index (χ1v) is 7.18. The first-order chi connectivity index (χ1) is 10.3. The molecule has 2 fully saturated rings. The molecule has 22 heavy (non-hydrogen) atoms. The summed E-state index contributed by atoms with van der Waals surface area (Å²) in [6.07, 6.45) is 0.164. The van der Waals surface area contributed by atoms with Crippen LogP contribution in [0.3, 0.4) is 0 Å².